The zero-order valence-electron chi connectivity index (χ0n) is 26.5. The van der Waals surface area contributed by atoms with Crippen LogP contribution in [0, 0.1) is 0 Å². The van der Waals surface area contributed by atoms with Gasteiger partial charge >= 0.3 is 0 Å². The smallest absolute Gasteiger partial charge is 0.124 e. The maximum Gasteiger partial charge on any atom is 0.124 e. The van der Waals surface area contributed by atoms with Crippen LogP contribution < -0.4 is 4.90 Å². The van der Waals surface area contributed by atoms with Crippen molar-refractivity contribution in [2.45, 2.75) is 0 Å². The van der Waals surface area contributed by atoms with Gasteiger partial charge in [0.15, 0.2) is 0 Å². The topological polar surface area (TPSA) is 21.1 Å². The lowest BCUT2D eigenvalue weighted by Gasteiger charge is -2.28. The first-order valence-electron chi connectivity index (χ1n) is 16.6. The van der Waals surface area contributed by atoms with Gasteiger partial charge in [-0.1, -0.05) is 121 Å². The number of nitrogens with zero attached hydrogens (tertiary/aromatic N) is 3. The molecular weight excluding hydrogens is 615 g/mol. The average Bonchev–Trinajstić information content (AvgIpc) is 3.76. The van der Waals surface area contributed by atoms with E-state index in [1.165, 1.54) is 42.7 Å². The third-order valence-corrected chi connectivity index (χ3v) is 10.6. The van der Waals surface area contributed by atoms with E-state index in [9.17, 15) is 0 Å². The minimum Gasteiger partial charge on any atom is -0.310 e. The first-order chi connectivity index (χ1) is 24.3. The van der Waals surface area contributed by atoms with Crippen LogP contribution in [0.5, 0.6) is 0 Å². The van der Waals surface area contributed by atoms with Crippen molar-refractivity contribution in [3.05, 3.63) is 176 Å². The van der Waals surface area contributed by atoms with Gasteiger partial charge in [-0.3, -0.25) is 0 Å². The highest BCUT2D eigenvalue weighted by Crippen LogP contribution is 2.46. The van der Waals surface area contributed by atoms with Crippen LogP contribution in [0.2, 0.25) is 0 Å². The Kier molecular flexibility index (Phi) is 6.36. The maximum absolute atomic E-state index is 5.25. The van der Waals surface area contributed by atoms with Crippen molar-refractivity contribution in [1.29, 1.82) is 0 Å². The van der Waals surface area contributed by atoms with Crippen LogP contribution in [0.25, 0.3) is 69.8 Å². The first-order valence-corrected chi connectivity index (χ1v) is 17.4. The second kappa shape index (κ2) is 11.2. The van der Waals surface area contributed by atoms with Crippen LogP contribution in [0.3, 0.4) is 0 Å². The summed E-state index contributed by atoms with van der Waals surface area (Å²) >= 11 is 1.75. The molecule has 49 heavy (non-hydrogen) atoms. The quantitative estimate of drug-likeness (QED) is 0.174. The number of anilines is 3. The zero-order valence-corrected chi connectivity index (χ0v) is 27.3. The molecule has 0 atom stereocenters. The molecule has 0 amide bonds. The van der Waals surface area contributed by atoms with Gasteiger partial charge in [-0.15, -0.1) is 11.3 Å². The zero-order chi connectivity index (χ0) is 32.3. The molecule has 2 aromatic heterocycles. The van der Waals surface area contributed by atoms with Crippen LogP contribution in [-0.4, -0.2) is 9.55 Å². The summed E-state index contributed by atoms with van der Waals surface area (Å²) in [7, 11) is 0. The van der Waals surface area contributed by atoms with Crippen LogP contribution in [-0.2, 0) is 0 Å². The number of benzene rings is 8. The number of fused-ring (bicyclic) bond motifs is 8. The Hall–Kier alpha value is -6.23. The lowest BCUT2D eigenvalue weighted by atomic mass is 9.98. The fraction of sp³-hybridized carbons (Fsp3) is 0. The minimum absolute atomic E-state index is 1.03. The molecule has 10 rings (SSSR count). The van der Waals surface area contributed by atoms with E-state index in [1.54, 1.807) is 11.3 Å². The summed E-state index contributed by atoms with van der Waals surface area (Å²) in [5.41, 5.74) is 9.07. The highest BCUT2D eigenvalue weighted by Gasteiger charge is 2.21. The molecule has 4 heteroatoms. The molecule has 0 aliphatic heterocycles. The lowest BCUT2D eigenvalue weighted by Crippen LogP contribution is -2.11. The highest BCUT2D eigenvalue weighted by molar-refractivity contribution is 7.21. The number of rotatable bonds is 5. The average molecular weight is 644 g/mol. The third kappa shape index (κ3) is 4.46. The van der Waals surface area contributed by atoms with Crippen molar-refractivity contribution in [2.75, 3.05) is 4.90 Å². The molecule has 0 radical (unpaired) electrons. The van der Waals surface area contributed by atoms with Crippen LogP contribution >= 0.6 is 11.3 Å². The summed E-state index contributed by atoms with van der Waals surface area (Å²) in [5.74, 6) is 0. The number of para-hydroxylation sites is 3. The molecule has 0 fully saturated rings. The standard InChI is InChI=1S/C45H29N3S/c1-3-14-31(15-4-1)45-46-44-38-28-23-30-13-7-8-18-35(30)43(38)41(29-42(44)49-45)47(32-16-5-2-6-17-32)33-24-26-34(27-25-33)48-39-21-11-9-19-36(39)37-20-10-12-22-40(37)48/h1-29H. The van der Waals surface area contributed by atoms with Crippen molar-refractivity contribution >= 4 is 82.0 Å². The van der Waals surface area contributed by atoms with Crippen molar-refractivity contribution in [2.24, 2.45) is 0 Å². The second-order valence-electron chi connectivity index (χ2n) is 12.4. The van der Waals surface area contributed by atoms with E-state index in [-0.39, 0.29) is 0 Å². The summed E-state index contributed by atoms with van der Waals surface area (Å²) in [4.78, 5) is 7.66. The number of hydrogen-bond acceptors (Lipinski definition) is 3. The molecule has 0 spiro atoms. The van der Waals surface area contributed by atoms with Crippen LogP contribution in [0.4, 0.5) is 17.1 Å². The van der Waals surface area contributed by atoms with Gasteiger partial charge in [0, 0.05) is 44.2 Å². The predicted molar refractivity (Wildman–Crippen MR) is 209 cm³/mol. The molecule has 8 aromatic carbocycles. The summed E-state index contributed by atoms with van der Waals surface area (Å²) in [5, 5.41) is 8.35. The third-order valence-electron chi connectivity index (χ3n) is 9.58. The summed E-state index contributed by atoms with van der Waals surface area (Å²) in [6, 6.07) is 63.1. The van der Waals surface area contributed by atoms with E-state index < -0.39 is 0 Å². The molecular formula is C45H29N3S. The van der Waals surface area contributed by atoms with Crippen molar-refractivity contribution in [1.82, 2.24) is 9.55 Å². The lowest BCUT2D eigenvalue weighted by molar-refractivity contribution is 1.17. The second-order valence-corrected chi connectivity index (χ2v) is 13.4. The van der Waals surface area contributed by atoms with Gasteiger partial charge in [0.2, 0.25) is 0 Å². The van der Waals surface area contributed by atoms with Crippen molar-refractivity contribution in [3.63, 3.8) is 0 Å². The molecule has 0 aliphatic rings. The molecule has 0 aliphatic carbocycles. The van der Waals surface area contributed by atoms with Crippen LogP contribution in [0.1, 0.15) is 0 Å². The summed E-state index contributed by atoms with van der Waals surface area (Å²) < 4.78 is 3.54. The van der Waals surface area contributed by atoms with Gasteiger partial charge in [0.25, 0.3) is 0 Å². The first kappa shape index (κ1) is 27.8. The van der Waals surface area contributed by atoms with E-state index in [0.29, 0.717) is 0 Å². The van der Waals surface area contributed by atoms with Gasteiger partial charge in [-0.2, -0.15) is 0 Å². The number of thiazole rings is 1. The van der Waals surface area contributed by atoms with Crippen molar-refractivity contribution < 1.29 is 0 Å². The Morgan fingerprint density at radius 2 is 1.08 bits per heavy atom. The van der Waals surface area contributed by atoms with Gasteiger partial charge in [0.1, 0.15) is 5.01 Å². The van der Waals surface area contributed by atoms with Crippen molar-refractivity contribution in [3.8, 4) is 16.3 Å². The van der Waals surface area contributed by atoms with Gasteiger partial charge in [-0.05, 0) is 65.4 Å². The van der Waals surface area contributed by atoms with E-state index in [1.807, 2.05) is 0 Å². The fourth-order valence-electron chi connectivity index (χ4n) is 7.40. The Morgan fingerprint density at radius 1 is 0.490 bits per heavy atom. The molecule has 0 saturated heterocycles. The van der Waals surface area contributed by atoms with E-state index in [4.69, 9.17) is 4.98 Å². The highest BCUT2D eigenvalue weighted by atomic mass is 32.1. The molecule has 0 saturated carbocycles. The Morgan fingerprint density at radius 3 is 1.80 bits per heavy atom. The van der Waals surface area contributed by atoms with E-state index in [0.717, 1.165) is 44.2 Å². The fourth-order valence-corrected chi connectivity index (χ4v) is 8.42. The number of hydrogen-bond donors (Lipinski definition) is 0. The normalized spacial score (nSPS) is 11.7. The maximum atomic E-state index is 5.25. The van der Waals surface area contributed by atoms with Gasteiger partial charge < -0.3 is 9.47 Å². The predicted octanol–water partition coefficient (Wildman–Crippen LogP) is 12.8. The Bertz CT molecular complexity index is 2760. The summed E-state index contributed by atoms with van der Waals surface area (Å²) in [6.07, 6.45) is 0. The molecule has 0 N–H and O–H groups in total. The van der Waals surface area contributed by atoms with Gasteiger partial charge in [-0.25, -0.2) is 4.98 Å². The molecule has 0 unspecified atom stereocenters. The molecule has 10 aromatic rings. The molecule has 3 nitrogen and oxygen atoms in total. The van der Waals surface area contributed by atoms with Crippen LogP contribution in [0.15, 0.2) is 176 Å². The summed E-state index contributed by atoms with van der Waals surface area (Å²) in [6.45, 7) is 0. The Labute approximate surface area is 287 Å². The SMILES string of the molecule is c1ccc(-c2nc3c(cc(N(c4ccccc4)c4ccc(-n5c6ccccc6c6ccccc65)cc4)c4c5ccccc5ccc34)s2)cc1. The van der Waals surface area contributed by atoms with Gasteiger partial charge in [0.05, 0.1) is 26.9 Å². The molecule has 230 valence electrons. The molecule has 0 bridgehead atoms. The number of aromatic nitrogens is 2. The molecule has 2 heterocycles. The van der Waals surface area contributed by atoms with E-state index in [2.05, 4.69) is 185 Å². The van der Waals surface area contributed by atoms with E-state index >= 15 is 0 Å². The Balaban J connectivity index is 1.23. The largest absolute Gasteiger partial charge is 0.310 e. The minimum atomic E-state index is 1.03. The monoisotopic (exact) mass is 643 g/mol.